The lowest BCUT2D eigenvalue weighted by molar-refractivity contribution is -0.122. The zero-order valence-corrected chi connectivity index (χ0v) is 16.8. The van der Waals surface area contributed by atoms with Gasteiger partial charge < -0.3 is 24.6 Å². The van der Waals surface area contributed by atoms with Gasteiger partial charge in [-0.3, -0.25) is 4.79 Å². The fraction of sp³-hybridized carbons (Fsp3) is 0.450. The summed E-state index contributed by atoms with van der Waals surface area (Å²) in [7, 11) is 1.78. The van der Waals surface area contributed by atoms with Gasteiger partial charge >= 0.3 is 0 Å². The van der Waals surface area contributed by atoms with Crippen molar-refractivity contribution >= 4 is 35.1 Å². The summed E-state index contributed by atoms with van der Waals surface area (Å²) in [6.07, 6.45) is 10.3. The van der Waals surface area contributed by atoms with Crippen LogP contribution in [0.3, 0.4) is 0 Å². The number of hydrogen-bond acceptors (Lipinski definition) is 8. The van der Waals surface area contributed by atoms with Gasteiger partial charge in [0.1, 0.15) is 17.2 Å². The highest BCUT2D eigenvalue weighted by molar-refractivity contribution is 5.78. The lowest BCUT2D eigenvalue weighted by Gasteiger charge is -2.31. The lowest BCUT2D eigenvalue weighted by atomic mass is 10.1. The normalized spacial score (nSPS) is 16.8. The quantitative estimate of drug-likeness (QED) is 0.611. The molecule has 30 heavy (non-hydrogen) atoms. The maximum atomic E-state index is 8.36. The SMILES string of the molecule is COC1CCN(c2nccc(Nc3cc4c(cn3)ncn4C3CC3)n2)CC1.O=CO. The Hall–Kier alpha value is -3.27. The number of ether oxygens (including phenoxy) is 1. The molecule has 3 aromatic rings. The molecule has 1 saturated heterocycles. The Morgan fingerprint density at radius 3 is 2.63 bits per heavy atom. The first-order valence-electron chi connectivity index (χ1n) is 10.00. The highest BCUT2D eigenvalue weighted by atomic mass is 16.5. The van der Waals surface area contributed by atoms with Gasteiger partial charge in [-0.1, -0.05) is 0 Å². The van der Waals surface area contributed by atoms with Gasteiger partial charge in [0.2, 0.25) is 5.95 Å². The number of imidazole rings is 1. The highest BCUT2D eigenvalue weighted by Crippen LogP contribution is 2.37. The number of rotatable bonds is 5. The van der Waals surface area contributed by atoms with Crippen LogP contribution >= 0.6 is 0 Å². The van der Waals surface area contributed by atoms with E-state index >= 15 is 0 Å². The number of hydrogen-bond donors (Lipinski definition) is 2. The van der Waals surface area contributed by atoms with Gasteiger partial charge in [-0.25, -0.2) is 15.0 Å². The number of carboxylic acid groups (broad SMARTS) is 1. The molecule has 0 spiro atoms. The standard InChI is InChI=1S/C19H23N7O.CH2O2/c1-27-14-5-8-25(9-6-14)19-20-7-4-17(24-19)23-18-10-16-15(11-21-18)22-12-26(16)13-2-3-13;2-1-3/h4,7,10-14H,2-3,5-6,8-9H2,1H3,(H,20,21,23,24);1H,(H,2,3). The molecule has 0 unspecified atom stereocenters. The molecule has 2 N–H and O–H groups in total. The van der Waals surface area contributed by atoms with E-state index in [9.17, 15) is 0 Å². The third kappa shape index (κ3) is 4.48. The summed E-state index contributed by atoms with van der Waals surface area (Å²) in [6, 6.07) is 4.51. The highest BCUT2D eigenvalue weighted by Gasteiger charge is 2.25. The molecular weight excluding hydrogens is 386 g/mol. The zero-order chi connectivity index (χ0) is 20.9. The van der Waals surface area contributed by atoms with Crippen LogP contribution in [0.2, 0.25) is 0 Å². The Balaban J connectivity index is 0.000000687. The van der Waals surface area contributed by atoms with Crippen LogP contribution in [0.1, 0.15) is 31.7 Å². The topological polar surface area (TPSA) is 118 Å². The van der Waals surface area contributed by atoms with Crippen LogP contribution in [0, 0.1) is 0 Å². The van der Waals surface area contributed by atoms with Gasteiger partial charge in [0, 0.05) is 38.5 Å². The average molecular weight is 411 g/mol. The van der Waals surface area contributed by atoms with Gasteiger partial charge in [0.15, 0.2) is 0 Å². The van der Waals surface area contributed by atoms with Crippen molar-refractivity contribution in [3.63, 3.8) is 0 Å². The number of fused-ring (bicyclic) bond motifs is 1. The van der Waals surface area contributed by atoms with Crippen molar-refractivity contribution in [2.75, 3.05) is 30.4 Å². The van der Waals surface area contributed by atoms with E-state index < -0.39 is 0 Å². The predicted molar refractivity (Wildman–Crippen MR) is 112 cm³/mol. The molecule has 10 heteroatoms. The number of aromatic nitrogens is 5. The van der Waals surface area contributed by atoms with E-state index in [0.29, 0.717) is 12.1 Å². The van der Waals surface area contributed by atoms with Gasteiger partial charge in [-0.2, -0.15) is 4.98 Å². The average Bonchev–Trinajstić information content (AvgIpc) is 3.54. The van der Waals surface area contributed by atoms with Crippen LogP contribution in [0.5, 0.6) is 0 Å². The lowest BCUT2D eigenvalue weighted by Crippen LogP contribution is -2.37. The number of nitrogens with zero attached hydrogens (tertiary/aromatic N) is 6. The van der Waals surface area contributed by atoms with Crippen molar-refractivity contribution in [3.05, 3.63) is 30.9 Å². The second-order valence-electron chi connectivity index (χ2n) is 7.34. The summed E-state index contributed by atoms with van der Waals surface area (Å²) in [5.41, 5.74) is 2.04. The van der Waals surface area contributed by atoms with E-state index in [0.717, 1.165) is 54.5 Å². The molecule has 1 aliphatic carbocycles. The maximum Gasteiger partial charge on any atom is 0.290 e. The number of anilines is 3. The molecule has 5 rings (SSSR count). The summed E-state index contributed by atoms with van der Waals surface area (Å²) >= 11 is 0. The number of piperidine rings is 1. The fourth-order valence-corrected chi connectivity index (χ4v) is 3.64. The van der Waals surface area contributed by atoms with E-state index in [-0.39, 0.29) is 6.47 Å². The van der Waals surface area contributed by atoms with Crippen LogP contribution in [-0.4, -0.2) is 62.4 Å². The minimum absolute atomic E-state index is 0.250. The number of methoxy groups -OCH3 is 1. The predicted octanol–water partition coefficient (Wildman–Crippen LogP) is 2.62. The zero-order valence-electron chi connectivity index (χ0n) is 16.8. The number of pyridine rings is 1. The molecule has 0 bridgehead atoms. The molecule has 0 atom stereocenters. The van der Waals surface area contributed by atoms with E-state index in [4.69, 9.17) is 14.6 Å². The van der Waals surface area contributed by atoms with Crippen LogP contribution < -0.4 is 10.2 Å². The first-order valence-corrected chi connectivity index (χ1v) is 10.00. The van der Waals surface area contributed by atoms with E-state index in [1.165, 1.54) is 12.8 Å². The van der Waals surface area contributed by atoms with Gasteiger partial charge in [0.25, 0.3) is 6.47 Å². The van der Waals surface area contributed by atoms with Crippen LogP contribution in [0.25, 0.3) is 11.0 Å². The summed E-state index contributed by atoms with van der Waals surface area (Å²) in [5.74, 6) is 2.27. The van der Waals surface area contributed by atoms with Gasteiger partial charge in [0.05, 0.1) is 24.1 Å². The molecule has 4 heterocycles. The molecule has 2 fully saturated rings. The van der Waals surface area contributed by atoms with E-state index in [2.05, 4.69) is 34.7 Å². The molecule has 0 aromatic carbocycles. The summed E-state index contributed by atoms with van der Waals surface area (Å²) in [5, 5.41) is 10.2. The number of nitrogens with one attached hydrogen (secondary N) is 1. The summed E-state index contributed by atoms with van der Waals surface area (Å²) in [4.78, 5) is 28.6. The van der Waals surface area contributed by atoms with Crippen LogP contribution in [-0.2, 0) is 9.53 Å². The molecule has 158 valence electrons. The maximum absolute atomic E-state index is 8.36. The van der Waals surface area contributed by atoms with Crippen molar-refractivity contribution < 1.29 is 14.6 Å². The van der Waals surface area contributed by atoms with E-state index in [1.807, 2.05) is 24.7 Å². The van der Waals surface area contributed by atoms with Crippen LogP contribution in [0.4, 0.5) is 17.6 Å². The Morgan fingerprint density at radius 1 is 1.17 bits per heavy atom. The van der Waals surface area contributed by atoms with E-state index in [1.54, 1.807) is 13.3 Å². The van der Waals surface area contributed by atoms with Crippen molar-refractivity contribution in [2.45, 2.75) is 37.8 Å². The minimum Gasteiger partial charge on any atom is -0.483 e. The van der Waals surface area contributed by atoms with Crippen molar-refractivity contribution in [1.29, 1.82) is 0 Å². The summed E-state index contributed by atoms with van der Waals surface area (Å²) < 4.78 is 7.69. The number of carbonyl (C=O) groups is 1. The molecule has 0 amide bonds. The molecule has 2 aliphatic rings. The smallest absolute Gasteiger partial charge is 0.290 e. The third-order valence-corrected chi connectivity index (χ3v) is 5.36. The molecule has 1 aliphatic heterocycles. The Bertz CT molecular complexity index is 997. The molecule has 10 nitrogen and oxygen atoms in total. The fourth-order valence-electron chi connectivity index (χ4n) is 3.64. The third-order valence-electron chi connectivity index (χ3n) is 5.36. The van der Waals surface area contributed by atoms with Gasteiger partial charge in [-0.15, -0.1) is 0 Å². The van der Waals surface area contributed by atoms with Gasteiger partial charge in [-0.05, 0) is 31.7 Å². The first-order chi connectivity index (χ1) is 14.7. The Labute approximate surface area is 173 Å². The summed E-state index contributed by atoms with van der Waals surface area (Å²) in [6.45, 7) is 1.57. The monoisotopic (exact) mass is 411 g/mol. The Morgan fingerprint density at radius 2 is 1.93 bits per heavy atom. The van der Waals surface area contributed by atoms with Crippen LogP contribution in [0.15, 0.2) is 30.9 Å². The molecular formula is C20H25N7O3. The Kier molecular flexibility index (Phi) is 6.03. The largest absolute Gasteiger partial charge is 0.483 e. The molecule has 0 radical (unpaired) electrons. The first kappa shape index (κ1) is 20.0. The van der Waals surface area contributed by atoms with Crippen molar-refractivity contribution in [1.82, 2.24) is 24.5 Å². The second kappa shape index (κ2) is 9.04. The van der Waals surface area contributed by atoms with Crippen molar-refractivity contribution in [3.8, 4) is 0 Å². The second-order valence-corrected chi connectivity index (χ2v) is 7.34. The molecule has 1 saturated carbocycles. The minimum atomic E-state index is -0.250. The molecule has 3 aromatic heterocycles. The van der Waals surface area contributed by atoms with Crippen molar-refractivity contribution in [2.24, 2.45) is 0 Å².